The molecule has 0 saturated heterocycles. The largest absolute Gasteiger partial charge is 0.497 e. The third-order valence-electron chi connectivity index (χ3n) is 3.29. The molecule has 2 aromatic carbocycles. The molecule has 2 N–H and O–H groups in total. The molecule has 1 atom stereocenters. The molecule has 0 saturated carbocycles. The molecule has 0 aliphatic carbocycles. The Morgan fingerprint density at radius 2 is 1.73 bits per heavy atom. The van der Waals surface area contributed by atoms with Crippen LogP contribution >= 0.6 is 0 Å². The van der Waals surface area contributed by atoms with Crippen molar-refractivity contribution >= 4 is 0 Å². The van der Waals surface area contributed by atoms with Crippen molar-refractivity contribution in [3.05, 3.63) is 65.7 Å². The first-order chi connectivity index (χ1) is 10.8. The van der Waals surface area contributed by atoms with Gasteiger partial charge in [0.1, 0.15) is 5.75 Å². The van der Waals surface area contributed by atoms with E-state index in [9.17, 15) is 5.11 Å². The fourth-order valence-corrected chi connectivity index (χ4v) is 2.07. The summed E-state index contributed by atoms with van der Waals surface area (Å²) in [5, 5.41) is 13.1. The maximum atomic E-state index is 9.88. The summed E-state index contributed by atoms with van der Waals surface area (Å²) in [7, 11) is 1.65. The van der Waals surface area contributed by atoms with Crippen molar-refractivity contribution in [2.75, 3.05) is 20.3 Å². The Labute approximate surface area is 131 Å². The lowest BCUT2D eigenvalue weighted by Crippen LogP contribution is -2.30. The molecule has 0 radical (unpaired) electrons. The van der Waals surface area contributed by atoms with E-state index in [1.807, 2.05) is 54.6 Å². The van der Waals surface area contributed by atoms with Gasteiger partial charge in [0.25, 0.3) is 0 Å². The highest BCUT2D eigenvalue weighted by Gasteiger charge is 2.04. The Balaban J connectivity index is 1.60. The molecular weight excluding hydrogens is 278 g/mol. The smallest absolute Gasteiger partial charge is 0.118 e. The van der Waals surface area contributed by atoms with Gasteiger partial charge >= 0.3 is 0 Å². The topological polar surface area (TPSA) is 50.7 Å². The summed E-state index contributed by atoms with van der Waals surface area (Å²) >= 11 is 0. The van der Waals surface area contributed by atoms with Gasteiger partial charge in [0, 0.05) is 13.1 Å². The second kappa shape index (κ2) is 9.20. The second-order valence-electron chi connectivity index (χ2n) is 5.13. The van der Waals surface area contributed by atoms with Gasteiger partial charge in [-0.15, -0.1) is 0 Å². The van der Waals surface area contributed by atoms with E-state index >= 15 is 0 Å². The molecule has 22 heavy (non-hydrogen) atoms. The number of hydrogen-bond acceptors (Lipinski definition) is 4. The summed E-state index contributed by atoms with van der Waals surface area (Å²) in [6.45, 7) is 2.06. The van der Waals surface area contributed by atoms with Crippen LogP contribution in [0.3, 0.4) is 0 Å². The van der Waals surface area contributed by atoms with Crippen LogP contribution in [0.1, 0.15) is 11.1 Å². The van der Waals surface area contributed by atoms with Gasteiger partial charge in [-0.05, 0) is 23.3 Å². The van der Waals surface area contributed by atoms with Crippen molar-refractivity contribution in [3.63, 3.8) is 0 Å². The summed E-state index contributed by atoms with van der Waals surface area (Å²) < 4.78 is 10.6. The highest BCUT2D eigenvalue weighted by molar-refractivity contribution is 5.26. The molecular formula is C18H23NO3. The summed E-state index contributed by atoms with van der Waals surface area (Å²) in [5.74, 6) is 0.845. The SMILES string of the molecule is COc1ccc(CNCC(O)COCc2ccccc2)cc1. The number of hydrogen-bond donors (Lipinski definition) is 2. The Bertz CT molecular complexity index is 528. The standard InChI is InChI=1S/C18H23NO3/c1-21-18-9-7-15(8-10-18)11-19-12-17(20)14-22-13-16-5-3-2-4-6-16/h2-10,17,19-20H,11-14H2,1H3. The van der Waals surface area contributed by atoms with Crippen molar-refractivity contribution < 1.29 is 14.6 Å². The lowest BCUT2D eigenvalue weighted by Gasteiger charge is -2.12. The van der Waals surface area contributed by atoms with E-state index in [1.165, 1.54) is 0 Å². The Morgan fingerprint density at radius 3 is 2.41 bits per heavy atom. The van der Waals surface area contributed by atoms with Gasteiger partial charge in [-0.3, -0.25) is 0 Å². The van der Waals surface area contributed by atoms with Gasteiger partial charge in [0.2, 0.25) is 0 Å². The van der Waals surface area contributed by atoms with Crippen molar-refractivity contribution in [3.8, 4) is 5.75 Å². The first-order valence-corrected chi connectivity index (χ1v) is 7.41. The van der Waals surface area contributed by atoms with Gasteiger partial charge in [-0.2, -0.15) is 0 Å². The Kier molecular flexibility index (Phi) is 6.90. The van der Waals surface area contributed by atoms with Crippen LogP contribution in [0, 0.1) is 0 Å². The Hall–Kier alpha value is -1.88. The van der Waals surface area contributed by atoms with Crippen molar-refractivity contribution in [2.45, 2.75) is 19.3 Å². The lowest BCUT2D eigenvalue weighted by atomic mass is 10.2. The minimum Gasteiger partial charge on any atom is -0.497 e. The quantitative estimate of drug-likeness (QED) is 0.746. The highest BCUT2D eigenvalue weighted by atomic mass is 16.5. The molecule has 0 fully saturated rings. The number of aliphatic hydroxyl groups is 1. The van der Waals surface area contributed by atoms with E-state index in [1.54, 1.807) is 7.11 Å². The van der Waals surface area contributed by atoms with E-state index < -0.39 is 6.10 Å². The Morgan fingerprint density at radius 1 is 1.00 bits per heavy atom. The molecule has 0 aromatic heterocycles. The van der Waals surface area contributed by atoms with Crippen LogP contribution < -0.4 is 10.1 Å². The maximum Gasteiger partial charge on any atom is 0.118 e. The molecule has 2 rings (SSSR count). The predicted molar refractivity (Wildman–Crippen MR) is 86.8 cm³/mol. The zero-order valence-electron chi connectivity index (χ0n) is 12.9. The van der Waals surface area contributed by atoms with E-state index in [0.29, 0.717) is 26.3 Å². The molecule has 0 spiro atoms. The van der Waals surface area contributed by atoms with Crippen LogP contribution in [-0.4, -0.2) is 31.5 Å². The van der Waals surface area contributed by atoms with Gasteiger partial charge in [0.05, 0.1) is 26.4 Å². The molecule has 0 amide bonds. The number of nitrogens with one attached hydrogen (secondary N) is 1. The van der Waals surface area contributed by atoms with E-state index in [2.05, 4.69) is 5.32 Å². The molecule has 1 unspecified atom stereocenters. The van der Waals surface area contributed by atoms with E-state index in [-0.39, 0.29) is 0 Å². The second-order valence-corrected chi connectivity index (χ2v) is 5.13. The lowest BCUT2D eigenvalue weighted by molar-refractivity contribution is 0.0287. The fraction of sp³-hybridized carbons (Fsp3) is 0.333. The predicted octanol–water partition coefficient (Wildman–Crippen LogP) is 2.36. The third-order valence-corrected chi connectivity index (χ3v) is 3.29. The van der Waals surface area contributed by atoms with Crippen LogP contribution in [0.2, 0.25) is 0 Å². The number of aliphatic hydroxyl groups excluding tert-OH is 1. The first-order valence-electron chi connectivity index (χ1n) is 7.41. The molecule has 4 nitrogen and oxygen atoms in total. The average molecular weight is 301 g/mol. The highest BCUT2D eigenvalue weighted by Crippen LogP contribution is 2.10. The van der Waals surface area contributed by atoms with Crippen LogP contribution in [0.4, 0.5) is 0 Å². The zero-order valence-corrected chi connectivity index (χ0v) is 12.9. The molecule has 0 bridgehead atoms. The van der Waals surface area contributed by atoms with Crippen LogP contribution in [-0.2, 0) is 17.9 Å². The van der Waals surface area contributed by atoms with Gasteiger partial charge in [0.15, 0.2) is 0 Å². The van der Waals surface area contributed by atoms with Crippen molar-refractivity contribution in [1.29, 1.82) is 0 Å². The zero-order chi connectivity index (χ0) is 15.6. The minimum atomic E-state index is -0.512. The van der Waals surface area contributed by atoms with Crippen molar-refractivity contribution in [2.24, 2.45) is 0 Å². The van der Waals surface area contributed by atoms with E-state index in [0.717, 1.165) is 16.9 Å². The van der Waals surface area contributed by atoms with Crippen molar-refractivity contribution in [1.82, 2.24) is 5.32 Å². The molecule has 0 heterocycles. The molecule has 118 valence electrons. The number of methoxy groups -OCH3 is 1. The van der Waals surface area contributed by atoms with Gasteiger partial charge in [-0.25, -0.2) is 0 Å². The number of benzene rings is 2. The average Bonchev–Trinajstić information content (AvgIpc) is 2.56. The first kappa shape index (κ1) is 16.5. The summed E-state index contributed by atoms with van der Waals surface area (Å²) in [4.78, 5) is 0. The minimum absolute atomic E-state index is 0.324. The maximum absolute atomic E-state index is 9.88. The normalized spacial score (nSPS) is 12.1. The van der Waals surface area contributed by atoms with E-state index in [4.69, 9.17) is 9.47 Å². The number of rotatable bonds is 9. The molecule has 2 aromatic rings. The van der Waals surface area contributed by atoms with Crippen LogP contribution in [0.15, 0.2) is 54.6 Å². The molecule has 4 heteroatoms. The van der Waals surface area contributed by atoms with Crippen LogP contribution in [0.5, 0.6) is 5.75 Å². The third kappa shape index (κ3) is 5.85. The van der Waals surface area contributed by atoms with Gasteiger partial charge in [-0.1, -0.05) is 42.5 Å². The monoisotopic (exact) mass is 301 g/mol. The summed E-state index contributed by atoms with van der Waals surface area (Å²) in [6.07, 6.45) is -0.512. The number of ether oxygens (including phenoxy) is 2. The fourth-order valence-electron chi connectivity index (χ4n) is 2.07. The summed E-state index contributed by atoms with van der Waals surface area (Å²) in [6, 6.07) is 17.8. The van der Waals surface area contributed by atoms with Gasteiger partial charge < -0.3 is 19.9 Å². The van der Waals surface area contributed by atoms with Crippen LogP contribution in [0.25, 0.3) is 0 Å². The molecule has 0 aliphatic heterocycles. The summed E-state index contributed by atoms with van der Waals surface area (Å²) in [5.41, 5.74) is 2.26. The molecule has 0 aliphatic rings.